The minimum Gasteiger partial charge on any atom is -0.436 e. The van der Waals surface area contributed by atoms with Gasteiger partial charge in [-0.2, -0.15) is 0 Å². The van der Waals surface area contributed by atoms with Crippen molar-refractivity contribution < 1.29 is 14.3 Å². The molecule has 1 atom stereocenters. The Labute approximate surface area is 267 Å². The molecule has 0 spiro atoms. The Hall–Kier alpha value is -3.51. The molecule has 2 aliphatic heterocycles. The Balaban J connectivity index is 1.29. The largest absolute Gasteiger partial charge is 0.436 e. The number of hydrogen-bond acceptors (Lipinski definition) is 9. The topological polar surface area (TPSA) is 130 Å². The van der Waals surface area contributed by atoms with Crippen molar-refractivity contribution >= 4 is 41.0 Å². The molecule has 11 nitrogen and oxygen atoms in total. The number of nitrogens with one attached hydrogen (secondary N) is 1. The highest BCUT2D eigenvalue weighted by molar-refractivity contribution is 6.35. The number of piperazine rings is 1. The molecule has 1 aromatic carbocycles. The summed E-state index contributed by atoms with van der Waals surface area (Å²) in [5.74, 6) is 1.89. The SMILES string of the molecule is CC(=O)NCC1CCN(Cc2cc(Oc3cnc(N4CCN(C(=O)[C@H](C)N)CC4)nc3)nc(-c3cc(Cl)cc(Cl)c3)c2)CC1. The summed E-state index contributed by atoms with van der Waals surface area (Å²) in [6.07, 6.45) is 5.30. The van der Waals surface area contributed by atoms with Crippen LogP contribution in [0.1, 0.15) is 32.3 Å². The second-order valence-corrected chi connectivity index (χ2v) is 12.3. The standard InChI is InChI=1S/C31H38Cl2N8O3/c1-20(34)30(43)40-7-9-41(10-8-40)31-36-17-27(18-37-31)44-29-12-23(11-28(38-29)24-13-25(32)15-26(33)14-24)19-39-5-3-22(4-6-39)16-35-21(2)42/h11-15,17-18,20,22H,3-10,16,19,34H2,1-2H3,(H,35,42)/t20-/m0/s1. The number of benzene rings is 1. The van der Waals surface area contributed by atoms with Crippen LogP contribution in [0.4, 0.5) is 5.95 Å². The lowest BCUT2D eigenvalue weighted by atomic mass is 9.96. The van der Waals surface area contributed by atoms with Gasteiger partial charge >= 0.3 is 0 Å². The molecule has 13 heteroatoms. The van der Waals surface area contributed by atoms with E-state index in [0.29, 0.717) is 65.4 Å². The first-order chi connectivity index (χ1) is 21.1. The first kappa shape index (κ1) is 31.9. The van der Waals surface area contributed by atoms with E-state index in [9.17, 15) is 9.59 Å². The minimum absolute atomic E-state index is 0.0129. The molecule has 5 rings (SSSR count). The van der Waals surface area contributed by atoms with Gasteiger partial charge in [0.2, 0.25) is 23.6 Å². The van der Waals surface area contributed by atoms with Crippen molar-refractivity contribution in [2.75, 3.05) is 50.7 Å². The summed E-state index contributed by atoms with van der Waals surface area (Å²) in [7, 11) is 0. The van der Waals surface area contributed by atoms with Crippen LogP contribution in [0.2, 0.25) is 10.0 Å². The third-order valence-corrected chi connectivity index (χ3v) is 8.31. The molecule has 0 saturated carbocycles. The van der Waals surface area contributed by atoms with Crippen LogP contribution in [0.5, 0.6) is 11.6 Å². The minimum atomic E-state index is -0.508. The smallest absolute Gasteiger partial charge is 0.239 e. The third kappa shape index (κ3) is 8.56. The molecular weight excluding hydrogens is 603 g/mol. The van der Waals surface area contributed by atoms with E-state index in [-0.39, 0.29) is 11.8 Å². The molecule has 2 aliphatic rings. The molecule has 2 saturated heterocycles. The van der Waals surface area contributed by atoms with Crippen LogP contribution in [0.25, 0.3) is 11.3 Å². The van der Waals surface area contributed by atoms with E-state index in [1.54, 1.807) is 37.2 Å². The van der Waals surface area contributed by atoms with Gasteiger partial charge in [0.1, 0.15) is 0 Å². The van der Waals surface area contributed by atoms with E-state index in [4.69, 9.17) is 38.7 Å². The number of hydrogen-bond donors (Lipinski definition) is 2. The number of carbonyl (C=O) groups excluding carboxylic acids is 2. The quantitative estimate of drug-likeness (QED) is 0.357. The number of nitrogens with zero attached hydrogens (tertiary/aromatic N) is 6. The van der Waals surface area contributed by atoms with Gasteiger partial charge in [0.05, 0.1) is 24.1 Å². The van der Waals surface area contributed by atoms with Gasteiger partial charge in [-0.05, 0) is 68.6 Å². The summed E-state index contributed by atoms with van der Waals surface area (Å²) in [4.78, 5) is 43.5. The molecule has 44 heavy (non-hydrogen) atoms. The highest BCUT2D eigenvalue weighted by Crippen LogP contribution is 2.31. The molecule has 0 unspecified atom stereocenters. The van der Waals surface area contributed by atoms with Gasteiger partial charge in [-0.1, -0.05) is 23.2 Å². The van der Waals surface area contributed by atoms with Gasteiger partial charge in [-0.15, -0.1) is 0 Å². The van der Waals surface area contributed by atoms with E-state index < -0.39 is 6.04 Å². The zero-order valence-corrected chi connectivity index (χ0v) is 26.5. The number of likely N-dealkylation sites (tertiary alicyclic amines) is 1. The molecule has 0 radical (unpaired) electrons. The van der Waals surface area contributed by atoms with Gasteiger partial charge in [0.15, 0.2) is 5.75 Å². The van der Waals surface area contributed by atoms with Crippen LogP contribution >= 0.6 is 23.2 Å². The molecule has 2 amide bonds. The Morgan fingerprint density at radius 3 is 2.27 bits per heavy atom. The average molecular weight is 642 g/mol. The molecule has 0 bridgehead atoms. The van der Waals surface area contributed by atoms with Crippen LogP contribution in [0, 0.1) is 5.92 Å². The first-order valence-corrected chi connectivity index (χ1v) is 15.6. The zero-order valence-electron chi connectivity index (χ0n) is 25.0. The normalized spacial score (nSPS) is 16.9. The number of piperidine rings is 1. The lowest BCUT2D eigenvalue weighted by molar-refractivity contribution is -0.132. The fourth-order valence-electron chi connectivity index (χ4n) is 5.51. The molecule has 2 fully saturated rings. The fraction of sp³-hybridized carbons (Fsp3) is 0.452. The predicted molar refractivity (Wildman–Crippen MR) is 171 cm³/mol. The number of anilines is 1. The van der Waals surface area contributed by atoms with Crippen LogP contribution in [0.3, 0.4) is 0 Å². The number of aromatic nitrogens is 3. The van der Waals surface area contributed by atoms with E-state index in [1.807, 2.05) is 29.2 Å². The number of pyridine rings is 1. The van der Waals surface area contributed by atoms with E-state index in [1.165, 1.54) is 0 Å². The van der Waals surface area contributed by atoms with Crippen LogP contribution < -0.4 is 20.7 Å². The summed E-state index contributed by atoms with van der Waals surface area (Å²) in [5.41, 5.74) is 8.28. The van der Waals surface area contributed by atoms with Gasteiger partial charge in [0, 0.05) is 67.9 Å². The molecule has 2 aromatic heterocycles. The molecule has 234 valence electrons. The molecule has 3 aromatic rings. The van der Waals surface area contributed by atoms with Gasteiger partial charge < -0.3 is 25.6 Å². The highest BCUT2D eigenvalue weighted by atomic mass is 35.5. The number of nitrogens with two attached hydrogens (primary N) is 1. The number of amides is 2. The van der Waals surface area contributed by atoms with Crippen molar-refractivity contribution in [3.63, 3.8) is 0 Å². The monoisotopic (exact) mass is 640 g/mol. The number of carbonyl (C=O) groups is 2. The van der Waals surface area contributed by atoms with Crippen LogP contribution in [-0.2, 0) is 16.1 Å². The van der Waals surface area contributed by atoms with Crippen molar-refractivity contribution in [2.45, 2.75) is 39.3 Å². The fourth-order valence-corrected chi connectivity index (χ4v) is 6.03. The molecule has 0 aliphatic carbocycles. The Bertz CT molecular complexity index is 1440. The van der Waals surface area contributed by atoms with E-state index in [0.717, 1.165) is 50.1 Å². The maximum Gasteiger partial charge on any atom is 0.239 e. The van der Waals surface area contributed by atoms with Gasteiger partial charge in [-0.3, -0.25) is 14.5 Å². The maximum atomic E-state index is 12.2. The zero-order chi connectivity index (χ0) is 31.2. The van der Waals surface area contributed by atoms with E-state index in [2.05, 4.69) is 20.2 Å². The second-order valence-electron chi connectivity index (χ2n) is 11.4. The number of ether oxygens (including phenoxy) is 1. The highest BCUT2D eigenvalue weighted by Gasteiger charge is 2.25. The van der Waals surface area contributed by atoms with Gasteiger partial charge in [0.25, 0.3) is 0 Å². The predicted octanol–water partition coefficient (Wildman–Crippen LogP) is 3.98. The average Bonchev–Trinajstić information content (AvgIpc) is 3.00. The maximum absolute atomic E-state index is 12.2. The second kappa shape index (κ2) is 14.5. The van der Waals surface area contributed by atoms with Gasteiger partial charge in [-0.25, -0.2) is 15.0 Å². The van der Waals surface area contributed by atoms with Crippen molar-refractivity contribution in [1.29, 1.82) is 0 Å². The summed E-state index contributed by atoms with van der Waals surface area (Å²) < 4.78 is 6.17. The summed E-state index contributed by atoms with van der Waals surface area (Å²) in [6.45, 7) is 8.96. The molecule has 4 heterocycles. The molecule has 3 N–H and O–H groups in total. The number of rotatable bonds is 9. The van der Waals surface area contributed by atoms with Crippen molar-refractivity contribution in [3.05, 3.63) is 58.3 Å². The summed E-state index contributed by atoms with van der Waals surface area (Å²) >= 11 is 12.6. The first-order valence-electron chi connectivity index (χ1n) is 14.9. The van der Waals surface area contributed by atoms with Crippen LogP contribution in [-0.4, -0.2) is 88.4 Å². The van der Waals surface area contributed by atoms with Crippen molar-refractivity contribution in [3.8, 4) is 22.9 Å². The lowest BCUT2D eigenvalue weighted by Gasteiger charge is -2.35. The summed E-state index contributed by atoms with van der Waals surface area (Å²) in [5, 5.41) is 3.99. The lowest BCUT2D eigenvalue weighted by Crippen LogP contribution is -2.52. The summed E-state index contributed by atoms with van der Waals surface area (Å²) in [6, 6.07) is 8.81. The Morgan fingerprint density at radius 1 is 1.00 bits per heavy atom. The number of halogens is 2. The third-order valence-electron chi connectivity index (χ3n) is 7.87. The van der Waals surface area contributed by atoms with E-state index >= 15 is 0 Å². The van der Waals surface area contributed by atoms with Crippen LogP contribution in [0.15, 0.2) is 42.7 Å². The van der Waals surface area contributed by atoms with Crippen molar-refractivity contribution in [1.82, 2.24) is 30.1 Å². The Kier molecular flexibility index (Phi) is 10.5. The Morgan fingerprint density at radius 2 is 1.66 bits per heavy atom. The molecular formula is C31H38Cl2N8O3. The van der Waals surface area contributed by atoms with Crippen molar-refractivity contribution in [2.24, 2.45) is 11.7 Å².